The molecule has 1 aliphatic rings. The van der Waals surface area contributed by atoms with Gasteiger partial charge in [-0.15, -0.1) is 0 Å². The third kappa shape index (κ3) is 6.01. The summed E-state index contributed by atoms with van der Waals surface area (Å²) >= 11 is 1.25. The van der Waals surface area contributed by atoms with Gasteiger partial charge in [0.2, 0.25) is 0 Å². The van der Waals surface area contributed by atoms with Gasteiger partial charge in [0.05, 0.1) is 30.8 Å². The van der Waals surface area contributed by atoms with Crippen molar-refractivity contribution in [1.82, 2.24) is 5.32 Å². The fourth-order valence-electron chi connectivity index (χ4n) is 3.20. The van der Waals surface area contributed by atoms with Gasteiger partial charge in [-0.2, -0.15) is 0 Å². The summed E-state index contributed by atoms with van der Waals surface area (Å²) in [6.45, 7) is 0.230. The van der Waals surface area contributed by atoms with Crippen molar-refractivity contribution in [3.8, 4) is 17.2 Å². The van der Waals surface area contributed by atoms with Gasteiger partial charge in [0.1, 0.15) is 12.4 Å². The lowest BCUT2D eigenvalue weighted by molar-refractivity contribution is -0.255. The molecule has 1 saturated heterocycles. The highest BCUT2D eigenvalue weighted by molar-refractivity contribution is 8.18. The summed E-state index contributed by atoms with van der Waals surface area (Å²) in [5, 5.41) is 14.1. The summed E-state index contributed by atoms with van der Waals surface area (Å²) in [6.07, 6.45) is 1.75. The zero-order chi connectivity index (χ0) is 24.8. The molecule has 0 aliphatic carbocycles. The van der Waals surface area contributed by atoms with Crippen LogP contribution in [0.5, 0.6) is 17.2 Å². The van der Waals surface area contributed by atoms with E-state index in [-0.39, 0.29) is 18.1 Å². The number of carboxylic acids is 1. The highest BCUT2D eigenvalue weighted by Crippen LogP contribution is 2.33. The van der Waals surface area contributed by atoms with E-state index >= 15 is 0 Å². The predicted octanol–water partition coefficient (Wildman–Crippen LogP) is 3.54. The molecule has 8 nitrogen and oxygen atoms in total. The number of amides is 1. The van der Waals surface area contributed by atoms with Crippen molar-refractivity contribution in [3.63, 3.8) is 0 Å². The van der Waals surface area contributed by atoms with E-state index in [2.05, 4.69) is 10.3 Å². The number of nitrogens with one attached hydrogen (secondary N) is 1. The number of aromatic carboxylic acids is 1. The van der Waals surface area contributed by atoms with Crippen molar-refractivity contribution in [2.45, 2.75) is 6.61 Å². The second-order valence-corrected chi connectivity index (χ2v) is 8.39. The number of carbonyl (C=O) groups excluding carboxylic acids is 2. The molecule has 0 aromatic heterocycles. The minimum absolute atomic E-state index is 0.106. The number of methoxy groups -OCH3 is 2. The summed E-state index contributed by atoms with van der Waals surface area (Å²) in [5.74, 6) is 0.288. The van der Waals surface area contributed by atoms with Crippen molar-refractivity contribution in [3.05, 3.63) is 88.3 Å². The molecule has 1 N–H and O–H groups in total. The number of benzene rings is 3. The van der Waals surface area contributed by atoms with Gasteiger partial charge >= 0.3 is 0 Å². The van der Waals surface area contributed by atoms with Gasteiger partial charge in [-0.05, 0) is 70.9 Å². The first-order chi connectivity index (χ1) is 16.9. The second kappa shape index (κ2) is 10.8. The van der Waals surface area contributed by atoms with Crippen LogP contribution in [0.3, 0.4) is 0 Å². The standard InChI is InChI=1S/C26H22N2O6S/c1-32-20-10-8-19(9-11-20)27-26-28-24(29)23(35-26)14-17-5-12-21(22(13-17)33-2)34-15-16-3-6-18(7-4-16)25(30)31/h3-14H,15H2,1-2H3,(H,30,31)(H,27,28,29)/p-1. The number of ether oxygens (including phenoxy) is 3. The first kappa shape index (κ1) is 23.9. The van der Waals surface area contributed by atoms with Crippen molar-refractivity contribution in [2.75, 3.05) is 14.2 Å². The number of hydrogen-bond acceptors (Lipinski definition) is 8. The molecule has 0 bridgehead atoms. The lowest BCUT2D eigenvalue weighted by Gasteiger charge is -2.12. The van der Waals surface area contributed by atoms with Crippen molar-refractivity contribution in [1.29, 1.82) is 0 Å². The van der Waals surface area contributed by atoms with Crippen LogP contribution >= 0.6 is 11.8 Å². The molecule has 3 aromatic rings. The first-order valence-electron chi connectivity index (χ1n) is 10.5. The third-order valence-corrected chi connectivity index (χ3v) is 5.93. The van der Waals surface area contributed by atoms with Crippen LogP contribution in [0.2, 0.25) is 0 Å². The molecule has 1 heterocycles. The zero-order valence-corrected chi connectivity index (χ0v) is 19.8. The van der Waals surface area contributed by atoms with Crippen LogP contribution in [0.1, 0.15) is 21.5 Å². The summed E-state index contributed by atoms with van der Waals surface area (Å²) < 4.78 is 16.4. The maximum absolute atomic E-state index is 12.4. The summed E-state index contributed by atoms with van der Waals surface area (Å²) in [7, 11) is 3.13. The van der Waals surface area contributed by atoms with E-state index in [0.717, 1.165) is 16.9 Å². The minimum atomic E-state index is -1.22. The van der Waals surface area contributed by atoms with Gasteiger partial charge in [-0.25, -0.2) is 4.99 Å². The van der Waals surface area contributed by atoms with Gasteiger partial charge in [0.25, 0.3) is 5.91 Å². The van der Waals surface area contributed by atoms with Gasteiger partial charge < -0.3 is 29.4 Å². The summed E-state index contributed by atoms with van der Waals surface area (Å²) in [5.41, 5.74) is 2.36. The molecule has 1 amide bonds. The lowest BCUT2D eigenvalue weighted by atomic mass is 10.1. The van der Waals surface area contributed by atoms with Crippen LogP contribution in [-0.4, -0.2) is 31.3 Å². The number of thioether (sulfide) groups is 1. The highest BCUT2D eigenvalue weighted by atomic mass is 32.2. The number of hydrogen-bond donors (Lipinski definition) is 1. The van der Waals surface area contributed by atoms with E-state index in [4.69, 9.17) is 14.2 Å². The van der Waals surface area contributed by atoms with Crippen LogP contribution < -0.4 is 24.6 Å². The molecule has 35 heavy (non-hydrogen) atoms. The number of amidine groups is 1. The Morgan fingerprint density at radius 2 is 1.74 bits per heavy atom. The highest BCUT2D eigenvalue weighted by Gasteiger charge is 2.24. The topological polar surface area (TPSA) is 109 Å². The minimum Gasteiger partial charge on any atom is -0.545 e. The van der Waals surface area contributed by atoms with Crippen LogP contribution in [0.4, 0.5) is 5.69 Å². The monoisotopic (exact) mass is 489 g/mol. The Bertz CT molecular complexity index is 1300. The van der Waals surface area contributed by atoms with Crippen LogP contribution in [0.25, 0.3) is 6.08 Å². The first-order valence-corrected chi connectivity index (χ1v) is 11.3. The van der Waals surface area contributed by atoms with E-state index < -0.39 is 5.97 Å². The second-order valence-electron chi connectivity index (χ2n) is 7.36. The third-order valence-electron chi connectivity index (χ3n) is 5.02. The average Bonchev–Trinajstić information content (AvgIpc) is 3.21. The fourth-order valence-corrected chi connectivity index (χ4v) is 4.04. The molecule has 0 unspecified atom stereocenters. The van der Waals surface area contributed by atoms with E-state index in [1.165, 1.54) is 31.0 Å². The Morgan fingerprint density at radius 1 is 1.00 bits per heavy atom. The number of aliphatic imine (C=N–C) groups is 1. The maximum Gasteiger partial charge on any atom is 0.264 e. The van der Waals surface area contributed by atoms with E-state index in [1.54, 1.807) is 49.6 Å². The smallest absolute Gasteiger partial charge is 0.264 e. The maximum atomic E-state index is 12.4. The van der Waals surface area contributed by atoms with Crippen molar-refractivity contribution in [2.24, 2.45) is 4.99 Å². The lowest BCUT2D eigenvalue weighted by Crippen LogP contribution is -2.22. The van der Waals surface area contributed by atoms with Gasteiger partial charge in [-0.3, -0.25) is 4.79 Å². The van der Waals surface area contributed by atoms with Crippen LogP contribution in [-0.2, 0) is 11.4 Å². The average molecular weight is 490 g/mol. The molecule has 4 rings (SSSR count). The molecular formula is C26H21N2O6S-. The molecule has 178 valence electrons. The van der Waals surface area contributed by atoms with Gasteiger partial charge in [0.15, 0.2) is 16.7 Å². The Labute approximate surface area is 206 Å². The number of carbonyl (C=O) groups is 2. The molecule has 0 radical (unpaired) electrons. The quantitative estimate of drug-likeness (QED) is 0.482. The van der Waals surface area contributed by atoms with Crippen LogP contribution in [0, 0.1) is 0 Å². The van der Waals surface area contributed by atoms with Crippen LogP contribution in [0.15, 0.2) is 76.6 Å². The molecule has 3 aromatic carbocycles. The molecule has 1 fully saturated rings. The SMILES string of the molecule is COc1ccc(N=C2NC(=O)C(=Cc3ccc(OCc4ccc(C(=O)[O-])cc4)c(OC)c3)S2)cc1. The van der Waals surface area contributed by atoms with E-state index in [1.807, 2.05) is 18.2 Å². The molecule has 0 spiro atoms. The van der Waals surface area contributed by atoms with Gasteiger partial charge in [0, 0.05) is 0 Å². The van der Waals surface area contributed by atoms with Crippen molar-refractivity contribution < 1.29 is 28.9 Å². The van der Waals surface area contributed by atoms with E-state index in [9.17, 15) is 14.7 Å². The number of nitrogens with zero attached hydrogens (tertiary/aromatic N) is 1. The molecular weight excluding hydrogens is 468 g/mol. The molecule has 1 aliphatic heterocycles. The largest absolute Gasteiger partial charge is 0.545 e. The summed E-state index contributed by atoms with van der Waals surface area (Å²) in [4.78, 5) is 28.3. The Hall–Kier alpha value is -4.24. The molecule has 9 heteroatoms. The Morgan fingerprint density at radius 3 is 2.40 bits per heavy atom. The molecule has 0 atom stereocenters. The normalized spacial score (nSPS) is 15.2. The predicted molar refractivity (Wildman–Crippen MR) is 132 cm³/mol. The fraction of sp³-hybridized carbons (Fsp3) is 0.115. The summed E-state index contributed by atoms with van der Waals surface area (Å²) in [6, 6.07) is 18.8. The Balaban J connectivity index is 1.45. The molecule has 0 saturated carbocycles. The number of carboxylic acid groups (broad SMARTS) is 1. The van der Waals surface area contributed by atoms with E-state index in [0.29, 0.717) is 27.3 Å². The van der Waals surface area contributed by atoms with Gasteiger partial charge in [-0.1, -0.05) is 30.3 Å². The number of rotatable bonds is 8. The Kier molecular flexibility index (Phi) is 7.37. The zero-order valence-electron chi connectivity index (χ0n) is 18.9. The van der Waals surface area contributed by atoms with Crippen molar-refractivity contribution >= 4 is 40.6 Å².